The summed E-state index contributed by atoms with van der Waals surface area (Å²) < 4.78 is 19.9. The Kier molecular flexibility index (Phi) is 9.67. The van der Waals surface area contributed by atoms with E-state index >= 15 is 0 Å². The van der Waals surface area contributed by atoms with E-state index in [-0.39, 0.29) is 29.5 Å². The van der Waals surface area contributed by atoms with Crippen LogP contribution in [0.2, 0.25) is 5.02 Å². The number of ether oxygens (including phenoxy) is 1. The van der Waals surface area contributed by atoms with Crippen LogP contribution < -0.4 is 10.1 Å². The molecule has 184 valence electrons. The lowest BCUT2D eigenvalue weighted by Crippen LogP contribution is -2.51. The van der Waals surface area contributed by atoms with Crippen molar-refractivity contribution in [1.82, 2.24) is 10.2 Å². The fraction of sp³-hybridized carbons (Fsp3) is 0.286. The van der Waals surface area contributed by atoms with Crippen LogP contribution >= 0.6 is 11.6 Å². The third-order valence-corrected chi connectivity index (χ3v) is 6.05. The number of nitrogens with zero attached hydrogens (tertiary/aromatic N) is 1. The van der Waals surface area contributed by atoms with Gasteiger partial charge >= 0.3 is 0 Å². The molecule has 5 nitrogen and oxygen atoms in total. The Labute approximate surface area is 210 Å². The van der Waals surface area contributed by atoms with Crippen LogP contribution in [0.5, 0.6) is 5.75 Å². The van der Waals surface area contributed by atoms with Gasteiger partial charge in [0.05, 0.1) is 13.5 Å². The van der Waals surface area contributed by atoms with E-state index in [1.807, 2.05) is 61.5 Å². The van der Waals surface area contributed by atoms with Crippen LogP contribution in [-0.4, -0.2) is 36.4 Å². The zero-order valence-electron chi connectivity index (χ0n) is 20.0. The summed E-state index contributed by atoms with van der Waals surface area (Å²) in [5, 5.41) is 3.10. The number of nitrogens with one attached hydrogen (secondary N) is 1. The fourth-order valence-corrected chi connectivity index (χ4v) is 4.07. The van der Waals surface area contributed by atoms with Gasteiger partial charge in [0.1, 0.15) is 17.6 Å². The van der Waals surface area contributed by atoms with Crippen molar-refractivity contribution in [2.45, 2.75) is 38.8 Å². The number of halogens is 2. The van der Waals surface area contributed by atoms with E-state index in [0.29, 0.717) is 18.7 Å². The molecule has 1 N–H and O–H groups in total. The van der Waals surface area contributed by atoms with Crippen molar-refractivity contribution in [3.05, 3.63) is 100 Å². The summed E-state index contributed by atoms with van der Waals surface area (Å²) in [4.78, 5) is 28.5. The van der Waals surface area contributed by atoms with E-state index in [2.05, 4.69) is 5.32 Å². The van der Waals surface area contributed by atoms with Crippen LogP contribution in [0.4, 0.5) is 4.39 Å². The van der Waals surface area contributed by atoms with Gasteiger partial charge in [-0.15, -0.1) is 0 Å². The molecular formula is C28H30ClFN2O3. The minimum Gasteiger partial charge on any atom is -0.497 e. The molecule has 0 heterocycles. The van der Waals surface area contributed by atoms with Crippen molar-refractivity contribution in [3.63, 3.8) is 0 Å². The molecular weight excluding hydrogens is 467 g/mol. The molecule has 3 aromatic carbocycles. The summed E-state index contributed by atoms with van der Waals surface area (Å²) >= 11 is 6.21. The van der Waals surface area contributed by atoms with E-state index in [9.17, 15) is 14.0 Å². The normalized spacial score (nSPS) is 11.5. The molecule has 1 atom stereocenters. The predicted molar refractivity (Wildman–Crippen MR) is 136 cm³/mol. The molecule has 3 aromatic rings. The number of benzene rings is 3. The van der Waals surface area contributed by atoms with Crippen LogP contribution in [-0.2, 0) is 29.0 Å². The highest BCUT2D eigenvalue weighted by Crippen LogP contribution is 2.23. The molecule has 0 bridgehead atoms. The molecule has 35 heavy (non-hydrogen) atoms. The molecule has 0 aromatic heterocycles. The van der Waals surface area contributed by atoms with Gasteiger partial charge in [-0.1, -0.05) is 67.1 Å². The maximum absolute atomic E-state index is 14.5. The molecule has 3 rings (SSSR count). The Morgan fingerprint density at radius 2 is 1.74 bits per heavy atom. The Balaban J connectivity index is 2.00. The van der Waals surface area contributed by atoms with Crippen molar-refractivity contribution in [1.29, 1.82) is 0 Å². The average Bonchev–Trinajstić information content (AvgIpc) is 2.87. The van der Waals surface area contributed by atoms with Crippen molar-refractivity contribution >= 4 is 23.4 Å². The zero-order valence-corrected chi connectivity index (χ0v) is 20.7. The lowest BCUT2D eigenvalue weighted by molar-refractivity contribution is -0.140. The Morgan fingerprint density at radius 1 is 1.03 bits per heavy atom. The van der Waals surface area contributed by atoms with E-state index in [1.165, 1.54) is 17.0 Å². The molecule has 0 aliphatic carbocycles. The van der Waals surface area contributed by atoms with Gasteiger partial charge in [-0.05, 0) is 41.8 Å². The van der Waals surface area contributed by atoms with E-state index in [4.69, 9.17) is 16.3 Å². The smallest absolute Gasteiger partial charge is 0.243 e. The summed E-state index contributed by atoms with van der Waals surface area (Å²) in [7, 11) is 1.57. The third kappa shape index (κ3) is 7.30. The molecule has 7 heteroatoms. The second-order valence-corrected chi connectivity index (χ2v) is 8.65. The molecule has 0 spiro atoms. The number of hydrogen-bond donors (Lipinski definition) is 1. The zero-order chi connectivity index (χ0) is 25.2. The molecule has 0 fully saturated rings. The minimum atomic E-state index is -0.798. The number of hydrogen-bond acceptors (Lipinski definition) is 3. The van der Waals surface area contributed by atoms with Gasteiger partial charge < -0.3 is 15.0 Å². The summed E-state index contributed by atoms with van der Waals surface area (Å²) in [5.74, 6) is -0.566. The lowest BCUT2D eigenvalue weighted by Gasteiger charge is -2.32. The second kappa shape index (κ2) is 12.9. The van der Waals surface area contributed by atoms with Gasteiger partial charge in [0.15, 0.2) is 0 Å². The Bertz CT molecular complexity index is 1120. The molecule has 2 amide bonds. The maximum Gasteiger partial charge on any atom is 0.243 e. The highest BCUT2D eigenvalue weighted by atomic mass is 35.5. The van der Waals surface area contributed by atoms with Crippen LogP contribution in [0, 0.1) is 5.82 Å². The van der Waals surface area contributed by atoms with Crippen molar-refractivity contribution in [2.75, 3.05) is 13.7 Å². The Morgan fingerprint density at radius 3 is 2.43 bits per heavy atom. The SMILES string of the molecule is CCCNC(=O)[C@@H](Cc1ccccc1)N(Cc1cccc(OC)c1)C(=O)Cc1c(F)cccc1Cl. The molecule has 0 radical (unpaired) electrons. The van der Waals surface area contributed by atoms with Crippen LogP contribution in [0.15, 0.2) is 72.8 Å². The van der Waals surface area contributed by atoms with Gasteiger partial charge in [-0.3, -0.25) is 9.59 Å². The monoisotopic (exact) mass is 496 g/mol. The highest BCUT2D eigenvalue weighted by molar-refractivity contribution is 6.31. The molecule has 0 aliphatic heterocycles. The van der Waals surface area contributed by atoms with Gasteiger partial charge in [-0.2, -0.15) is 0 Å². The second-order valence-electron chi connectivity index (χ2n) is 8.25. The number of methoxy groups -OCH3 is 1. The molecule has 0 aliphatic rings. The van der Waals surface area contributed by atoms with E-state index in [0.717, 1.165) is 17.5 Å². The largest absolute Gasteiger partial charge is 0.497 e. The molecule has 0 unspecified atom stereocenters. The number of rotatable bonds is 11. The quantitative estimate of drug-likeness (QED) is 0.397. The summed E-state index contributed by atoms with van der Waals surface area (Å²) in [6, 6.07) is 20.4. The first-order valence-corrected chi connectivity index (χ1v) is 12.0. The molecule has 0 saturated carbocycles. The minimum absolute atomic E-state index is 0.113. The van der Waals surface area contributed by atoms with Gasteiger partial charge in [0.25, 0.3) is 0 Å². The Hall–Kier alpha value is -3.38. The van der Waals surface area contributed by atoms with Crippen LogP contribution in [0.3, 0.4) is 0 Å². The first-order chi connectivity index (χ1) is 16.9. The van der Waals surface area contributed by atoms with Crippen LogP contribution in [0.25, 0.3) is 0 Å². The summed E-state index contributed by atoms with van der Waals surface area (Å²) in [5.41, 5.74) is 1.82. The van der Waals surface area contributed by atoms with Crippen molar-refractivity contribution < 1.29 is 18.7 Å². The van der Waals surface area contributed by atoms with Crippen molar-refractivity contribution in [3.8, 4) is 5.75 Å². The van der Waals surface area contributed by atoms with Crippen molar-refractivity contribution in [2.24, 2.45) is 0 Å². The first kappa shape index (κ1) is 26.2. The lowest BCUT2D eigenvalue weighted by atomic mass is 10.0. The standard InChI is InChI=1S/C28H30ClFN2O3/c1-3-15-31-28(34)26(17-20-9-5-4-6-10-20)32(19-21-11-7-12-22(16-21)35-2)27(33)18-23-24(29)13-8-14-25(23)30/h4-14,16,26H,3,15,17-19H2,1-2H3,(H,31,34)/t26-/m1/s1. The average molecular weight is 497 g/mol. The van der Waals surface area contributed by atoms with Gasteiger partial charge in [0, 0.05) is 30.1 Å². The molecule has 0 saturated heterocycles. The van der Waals surface area contributed by atoms with E-state index in [1.54, 1.807) is 13.2 Å². The van der Waals surface area contributed by atoms with Gasteiger partial charge in [-0.25, -0.2) is 4.39 Å². The maximum atomic E-state index is 14.5. The fourth-order valence-electron chi connectivity index (χ4n) is 3.84. The highest BCUT2D eigenvalue weighted by Gasteiger charge is 2.31. The summed E-state index contributed by atoms with van der Waals surface area (Å²) in [6.45, 7) is 2.61. The predicted octanol–water partition coefficient (Wildman–Crippen LogP) is 5.20. The summed E-state index contributed by atoms with van der Waals surface area (Å²) in [6.07, 6.45) is 0.817. The topological polar surface area (TPSA) is 58.6 Å². The number of carbonyl (C=O) groups excluding carboxylic acids is 2. The van der Waals surface area contributed by atoms with Gasteiger partial charge in [0.2, 0.25) is 11.8 Å². The number of carbonyl (C=O) groups is 2. The number of amides is 2. The first-order valence-electron chi connectivity index (χ1n) is 11.6. The third-order valence-electron chi connectivity index (χ3n) is 5.70. The van der Waals surface area contributed by atoms with Crippen LogP contribution in [0.1, 0.15) is 30.0 Å². The van der Waals surface area contributed by atoms with E-state index < -0.39 is 17.8 Å².